The monoisotopic (exact) mass is 280 g/mol. The van der Waals surface area contributed by atoms with Crippen LogP contribution in [-0.2, 0) is 9.47 Å². The third kappa shape index (κ3) is 3.50. The molecule has 20 heavy (non-hydrogen) atoms. The lowest BCUT2D eigenvalue weighted by Gasteiger charge is -2.13. The van der Waals surface area contributed by atoms with Gasteiger partial charge in [0.25, 0.3) is 0 Å². The van der Waals surface area contributed by atoms with E-state index in [1.54, 1.807) is 13.2 Å². The molecule has 0 fully saturated rings. The van der Waals surface area contributed by atoms with Crippen LogP contribution >= 0.6 is 0 Å². The second-order valence-corrected chi connectivity index (χ2v) is 4.52. The van der Waals surface area contributed by atoms with Crippen molar-refractivity contribution in [1.82, 2.24) is 0 Å². The van der Waals surface area contributed by atoms with E-state index in [9.17, 15) is 5.11 Å². The van der Waals surface area contributed by atoms with E-state index in [-0.39, 0.29) is 12.7 Å². The molecule has 0 saturated carbocycles. The lowest BCUT2D eigenvalue weighted by Crippen LogP contribution is -2.19. The van der Waals surface area contributed by atoms with Crippen LogP contribution in [-0.4, -0.2) is 38.5 Å². The van der Waals surface area contributed by atoms with E-state index in [4.69, 9.17) is 18.9 Å². The first-order chi connectivity index (χ1) is 9.76. The van der Waals surface area contributed by atoms with Gasteiger partial charge in [0.15, 0.2) is 0 Å². The molecular weight excluding hydrogens is 260 g/mol. The molecule has 2 rings (SSSR count). The summed E-state index contributed by atoms with van der Waals surface area (Å²) in [5.41, 5.74) is 0.945. The number of aliphatic hydroxyl groups excluding tert-OH is 1. The van der Waals surface area contributed by atoms with Crippen LogP contribution in [0.25, 0.3) is 0 Å². The quantitative estimate of drug-likeness (QED) is 0.449. The molecule has 1 aliphatic rings. The maximum absolute atomic E-state index is 9.97. The summed E-state index contributed by atoms with van der Waals surface area (Å²) in [6, 6.07) is 5.53. The van der Waals surface area contributed by atoms with Gasteiger partial charge in [-0.2, -0.15) is 0 Å². The van der Waals surface area contributed by atoms with Crippen molar-refractivity contribution in [1.29, 1.82) is 0 Å². The predicted molar refractivity (Wildman–Crippen MR) is 74.0 cm³/mol. The van der Waals surface area contributed by atoms with Gasteiger partial charge in [-0.05, 0) is 24.6 Å². The molecule has 0 radical (unpaired) electrons. The van der Waals surface area contributed by atoms with E-state index < -0.39 is 6.29 Å². The average molecular weight is 280 g/mol. The van der Waals surface area contributed by atoms with Gasteiger partial charge < -0.3 is 24.1 Å². The first-order valence-corrected chi connectivity index (χ1v) is 6.55. The van der Waals surface area contributed by atoms with Crippen LogP contribution in [0.15, 0.2) is 30.9 Å². The van der Waals surface area contributed by atoms with E-state index in [0.717, 1.165) is 11.3 Å². The van der Waals surface area contributed by atoms with Gasteiger partial charge in [0.2, 0.25) is 6.29 Å². The van der Waals surface area contributed by atoms with Gasteiger partial charge in [-0.1, -0.05) is 12.7 Å². The molecular formula is C15H20O5. The molecule has 2 atom stereocenters. The molecule has 0 saturated heterocycles. The molecule has 1 aliphatic heterocycles. The molecule has 0 amide bonds. The SMILES string of the molecule is C=CCOc1ccc2c(c1)[C@@H](CCOCOC)[C@@H](O)O2. The zero-order valence-electron chi connectivity index (χ0n) is 11.6. The van der Waals surface area contributed by atoms with Crippen LogP contribution in [0.1, 0.15) is 17.9 Å². The van der Waals surface area contributed by atoms with Crippen molar-refractivity contribution in [2.45, 2.75) is 18.6 Å². The number of hydrogen-bond acceptors (Lipinski definition) is 5. The van der Waals surface area contributed by atoms with Crippen molar-refractivity contribution < 1.29 is 24.1 Å². The Balaban J connectivity index is 2.02. The number of benzene rings is 1. The highest BCUT2D eigenvalue weighted by molar-refractivity contribution is 5.45. The van der Waals surface area contributed by atoms with Gasteiger partial charge in [-0.25, -0.2) is 0 Å². The largest absolute Gasteiger partial charge is 0.490 e. The molecule has 5 heteroatoms. The Bertz CT molecular complexity index is 446. The third-order valence-corrected chi connectivity index (χ3v) is 3.11. The molecule has 0 bridgehead atoms. The molecule has 110 valence electrons. The zero-order chi connectivity index (χ0) is 14.4. The van der Waals surface area contributed by atoms with Crippen LogP contribution in [0.2, 0.25) is 0 Å². The summed E-state index contributed by atoms with van der Waals surface area (Å²) < 4.78 is 21.0. The fraction of sp³-hybridized carbons (Fsp3) is 0.467. The summed E-state index contributed by atoms with van der Waals surface area (Å²) in [5.74, 6) is 1.32. The molecule has 1 aromatic rings. The van der Waals surface area contributed by atoms with Crippen molar-refractivity contribution in [3.05, 3.63) is 36.4 Å². The maximum atomic E-state index is 9.97. The van der Waals surface area contributed by atoms with Gasteiger partial charge in [0, 0.05) is 12.7 Å². The lowest BCUT2D eigenvalue weighted by atomic mass is 9.97. The number of ether oxygens (including phenoxy) is 4. The first kappa shape index (κ1) is 14.8. The highest BCUT2D eigenvalue weighted by Gasteiger charge is 2.33. The van der Waals surface area contributed by atoms with Crippen molar-refractivity contribution in [3.8, 4) is 11.5 Å². The first-order valence-electron chi connectivity index (χ1n) is 6.55. The van der Waals surface area contributed by atoms with Gasteiger partial charge in [0.1, 0.15) is 24.9 Å². The molecule has 5 nitrogen and oxygen atoms in total. The number of fused-ring (bicyclic) bond motifs is 1. The minimum absolute atomic E-state index is 0.117. The zero-order valence-corrected chi connectivity index (χ0v) is 11.6. The Morgan fingerprint density at radius 2 is 2.30 bits per heavy atom. The van der Waals surface area contributed by atoms with Crippen LogP contribution in [0.4, 0.5) is 0 Å². The van der Waals surface area contributed by atoms with E-state index in [0.29, 0.717) is 25.4 Å². The topological polar surface area (TPSA) is 57.2 Å². The fourth-order valence-corrected chi connectivity index (χ4v) is 2.19. The highest BCUT2D eigenvalue weighted by Crippen LogP contribution is 2.41. The molecule has 1 N–H and O–H groups in total. The van der Waals surface area contributed by atoms with Crippen molar-refractivity contribution in [3.63, 3.8) is 0 Å². The van der Waals surface area contributed by atoms with Crippen molar-refractivity contribution in [2.75, 3.05) is 27.1 Å². The van der Waals surface area contributed by atoms with E-state index >= 15 is 0 Å². The number of methoxy groups -OCH3 is 1. The van der Waals surface area contributed by atoms with E-state index in [1.807, 2.05) is 18.2 Å². The van der Waals surface area contributed by atoms with Crippen LogP contribution in [0, 0.1) is 0 Å². The summed E-state index contributed by atoms with van der Waals surface area (Å²) in [7, 11) is 1.58. The second kappa shape index (κ2) is 7.28. The molecule has 0 unspecified atom stereocenters. The summed E-state index contributed by atoms with van der Waals surface area (Å²) in [4.78, 5) is 0. The van der Waals surface area contributed by atoms with Gasteiger partial charge in [0.05, 0.1) is 12.5 Å². The average Bonchev–Trinajstić information content (AvgIpc) is 2.77. The van der Waals surface area contributed by atoms with Crippen LogP contribution < -0.4 is 9.47 Å². The Hall–Kier alpha value is -1.56. The van der Waals surface area contributed by atoms with Crippen molar-refractivity contribution in [2.24, 2.45) is 0 Å². The van der Waals surface area contributed by atoms with Gasteiger partial charge in [-0.3, -0.25) is 0 Å². The maximum Gasteiger partial charge on any atom is 0.204 e. The fourth-order valence-electron chi connectivity index (χ4n) is 2.19. The Labute approximate surface area is 118 Å². The predicted octanol–water partition coefficient (Wildman–Crippen LogP) is 2.06. The minimum Gasteiger partial charge on any atom is -0.490 e. The Kier molecular flexibility index (Phi) is 5.40. The second-order valence-electron chi connectivity index (χ2n) is 4.52. The third-order valence-electron chi connectivity index (χ3n) is 3.11. The smallest absolute Gasteiger partial charge is 0.204 e. The minimum atomic E-state index is -0.842. The normalized spacial score (nSPS) is 20.3. The standard InChI is InChI=1S/C15H20O5/c1-3-7-19-11-4-5-14-13(9-11)12(15(16)20-14)6-8-18-10-17-2/h3-5,9,12,15-16H,1,6-8,10H2,2H3/t12-,15+/m1/s1. The molecule has 0 aromatic heterocycles. The summed E-state index contributed by atoms with van der Waals surface area (Å²) >= 11 is 0. The van der Waals surface area contributed by atoms with Gasteiger partial charge >= 0.3 is 0 Å². The van der Waals surface area contributed by atoms with E-state index in [1.165, 1.54) is 0 Å². The molecule has 0 spiro atoms. The van der Waals surface area contributed by atoms with Crippen LogP contribution in [0.3, 0.4) is 0 Å². The van der Waals surface area contributed by atoms with Crippen molar-refractivity contribution >= 4 is 0 Å². The summed E-state index contributed by atoms with van der Waals surface area (Å²) in [6.45, 7) is 4.81. The number of aliphatic hydroxyl groups is 1. The highest BCUT2D eigenvalue weighted by atomic mass is 16.7. The Morgan fingerprint density at radius 3 is 3.05 bits per heavy atom. The number of rotatable bonds is 8. The molecule has 1 aromatic carbocycles. The molecule has 1 heterocycles. The van der Waals surface area contributed by atoms with Crippen LogP contribution in [0.5, 0.6) is 11.5 Å². The Morgan fingerprint density at radius 1 is 1.45 bits per heavy atom. The summed E-state index contributed by atoms with van der Waals surface area (Å²) in [6.07, 6.45) is 1.50. The van der Waals surface area contributed by atoms with Gasteiger partial charge in [-0.15, -0.1) is 0 Å². The number of hydrogen-bond donors (Lipinski definition) is 1. The lowest BCUT2D eigenvalue weighted by molar-refractivity contribution is -0.0513. The summed E-state index contributed by atoms with van der Waals surface area (Å²) in [5, 5.41) is 9.97. The molecule has 0 aliphatic carbocycles. The van der Waals surface area contributed by atoms with E-state index in [2.05, 4.69) is 6.58 Å².